The summed E-state index contributed by atoms with van der Waals surface area (Å²) >= 11 is 1.26. The minimum absolute atomic E-state index is 0.0149. The Morgan fingerprint density at radius 3 is 2.46 bits per heavy atom. The number of rotatable bonds is 9. The SMILES string of the molecule is CCOc1ccc(NC(=O)C[C@@H]2SC(=Nc3ccc(F)cc3)N(CCc3ccccc3)C2=O)cc1. The van der Waals surface area contributed by atoms with Gasteiger partial charge in [0, 0.05) is 18.7 Å². The fourth-order valence-electron chi connectivity index (χ4n) is 3.62. The number of thioether (sulfide) groups is 1. The van der Waals surface area contributed by atoms with Crippen molar-refractivity contribution in [3.05, 3.63) is 90.2 Å². The van der Waals surface area contributed by atoms with Gasteiger partial charge in [0.15, 0.2) is 5.17 Å². The molecule has 6 nitrogen and oxygen atoms in total. The Morgan fingerprint density at radius 2 is 1.77 bits per heavy atom. The Hall–Kier alpha value is -3.65. The first-order valence-electron chi connectivity index (χ1n) is 11.4. The van der Waals surface area contributed by atoms with Crippen molar-refractivity contribution in [2.24, 2.45) is 4.99 Å². The van der Waals surface area contributed by atoms with Crippen molar-refractivity contribution in [2.75, 3.05) is 18.5 Å². The molecule has 1 aliphatic heterocycles. The molecule has 1 aliphatic rings. The number of hydrogen-bond acceptors (Lipinski definition) is 5. The summed E-state index contributed by atoms with van der Waals surface area (Å²) in [5, 5.41) is 2.76. The lowest BCUT2D eigenvalue weighted by Crippen LogP contribution is -2.35. The number of nitrogens with zero attached hydrogens (tertiary/aromatic N) is 2. The minimum atomic E-state index is -0.590. The van der Waals surface area contributed by atoms with E-state index in [1.807, 2.05) is 37.3 Å². The van der Waals surface area contributed by atoms with E-state index < -0.39 is 5.25 Å². The van der Waals surface area contributed by atoms with E-state index in [-0.39, 0.29) is 24.1 Å². The lowest BCUT2D eigenvalue weighted by molar-refractivity contribution is -0.128. The fraction of sp³-hybridized carbons (Fsp3) is 0.222. The highest BCUT2D eigenvalue weighted by Gasteiger charge is 2.39. The molecule has 0 unspecified atom stereocenters. The first-order valence-corrected chi connectivity index (χ1v) is 12.3. The van der Waals surface area contributed by atoms with E-state index in [2.05, 4.69) is 10.3 Å². The van der Waals surface area contributed by atoms with Gasteiger partial charge < -0.3 is 10.1 Å². The summed E-state index contributed by atoms with van der Waals surface area (Å²) in [6.07, 6.45) is 0.668. The molecule has 1 saturated heterocycles. The van der Waals surface area contributed by atoms with E-state index in [1.54, 1.807) is 41.3 Å². The molecule has 0 aromatic heterocycles. The van der Waals surface area contributed by atoms with Crippen LogP contribution in [-0.2, 0) is 16.0 Å². The first kappa shape index (κ1) is 24.5. The van der Waals surface area contributed by atoms with Crippen LogP contribution >= 0.6 is 11.8 Å². The van der Waals surface area contributed by atoms with Crippen molar-refractivity contribution in [3.8, 4) is 5.75 Å². The molecule has 1 fully saturated rings. The average molecular weight is 492 g/mol. The van der Waals surface area contributed by atoms with Crippen LogP contribution < -0.4 is 10.1 Å². The molecule has 2 amide bonds. The zero-order chi connectivity index (χ0) is 24.6. The molecule has 4 rings (SSSR count). The van der Waals surface area contributed by atoms with Crippen LogP contribution in [0.4, 0.5) is 15.8 Å². The molecule has 1 atom stereocenters. The van der Waals surface area contributed by atoms with E-state index in [0.717, 1.165) is 11.3 Å². The molecule has 0 aliphatic carbocycles. The Bertz CT molecular complexity index is 1180. The van der Waals surface area contributed by atoms with Crippen molar-refractivity contribution >= 4 is 40.1 Å². The van der Waals surface area contributed by atoms with Gasteiger partial charge in [-0.15, -0.1) is 0 Å². The number of nitrogens with one attached hydrogen (secondary N) is 1. The van der Waals surface area contributed by atoms with Crippen molar-refractivity contribution in [1.82, 2.24) is 4.90 Å². The van der Waals surface area contributed by atoms with Gasteiger partial charge in [0.2, 0.25) is 11.8 Å². The Kier molecular flexibility index (Phi) is 8.15. The van der Waals surface area contributed by atoms with Gasteiger partial charge in [-0.2, -0.15) is 0 Å². The van der Waals surface area contributed by atoms with Gasteiger partial charge in [-0.05, 0) is 67.4 Å². The summed E-state index contributed by atoms with van der Waals surface area (Å²) in [5.74, 6) is -0.0451. The molecule has 0 bridgehead atoms. The third-order valence-electron chi connectivity index (χ3n) is 5.36. The van der Waals surface area contributed by atoms with E-state index in [1.165, 1.54) is 23.9 Å². The van der Waals surface area contributed by atoms with Gasteiger partial charge in [-0.25, -0.2) is 9.38 Å². The van der Waals surface area contributed by atoms with Gasteiger partial charge in [0.05, 0.1) is 12.3 Å². The van der Waals surface area contributed by atoms with Gasteiger partial charge in [0.25, 0.3) is 0 Å². The monoisotopic (exact) mass is 491 g/mol. The second kappa shape index (κ2) is 11.7. The summed E-state index contributed by atoms with van der Waals surface area (Å²) in [6.45, 7) is 2.91. The summed E-state index contributed by atoms with van der Waals surface area (Å²) in [6, 6.07) is 22.8. The Labute approximate surface area is 208 Å². The molecule has 0 saturated carbocycles. The van der Waals surface area contributed by atoms with Crippen molar-refractivity contribution in [1.29, 1.82) is 0 Å². The smallest absolute Gasteiger partial charge is 0.242 e. The van der Waals surface area contributed by atoms with Gasteiger partial charge in [-0.1, -0.05) is 42.1 Å². The van der Waals surface area contributed by atoms with E-state index >= 15 is 0 Å². The van der Waals surface area contributed by atoms with E-state index in [4.69, 9.17) is 4.74 Å². The summed E-state index contributed by atoms with van der Waals surface area (Å²) < 4.78 is 18.7. The number of ether oxygens (including phenoxy) is 1. The van der Waals surface area contributed by atoms with Crippen LogP contribution in [0.1, 0.15) is 18.9 Å². The average Bonchev–Trinajstić information content (AvgIpc) is 3.14. The number of benzene rings is 3. The summed E-state index contributed by atoms with van der Waals surface area (Å²) in [7, 11) is 0. The highest BCUT2D eigenvalue weighted by atomic mass is 32.2. The second-order valence-corrected chi connectivity index (χ2v) is 9.08. The van der Waals surface area contributed by atoms with Crippen LogP contribution in [0, 0.1) is 5.82 Å². The fourth-order valence-corrected chi connectivity index (χ4v) is 4.81. The number of halogens is 1. The lowest BCUT2D eigenvalue weighted by Gasteiger charge is -2.16. The molecule has 3 aromatic carbocycles. The molecule has 1 N–H and O–H groups in total. The van der Waals surface area contributed by atoms with E-state index in [9.17, 15) is 14.0 Å². The maximum absolute atomic E-state index is 13.3. The molecule has 35 heavy (non-hydrogen) atoms. The third kappa shape index (κ3) is 6.70. The van der Waals surface area contributed by atoms with Gasteiger partial charge in [-0.3, -0.25) is 14.5 Å². The topological polar surface area (TPSA) is 71.0 Å². The zero-order valence-electron chi connectivity index (χ0n) is 19.3. The van der Waals surface area contributed by atoms with Crippen LogP contribution in [0.15, 0.2) is 83.9 Å². The summed E-state index contributed by atoms with van der Waals surface area (Å²) in [4.78, 5) is 32.2. The molecular formula is C27H26FN3O3S. The Balaban J connectivity index is 1.46. The number of anilines is 1. The number of carbonyl (C=O) groups excluding carboxylic acids is 2. The lowest BCUT2D eigenvalue weighted by atomic mass is 10.1. The van der Waals surface area contributed by atoms with E-state index in [0.29, 0.717) is 36.1 Å². The van der Waals surface area contributed by atoms with Gasteiger partial charge in [0.1, 0.15) is 16.8 Å². The quantitative estimate of drug-likeness (QED) is 0.434. The molecule has 180 valence electrons. The number of amides is 2. The molecular weight excluding hydrogens is 465 g/mol. The normalized spacial score (nSPS) is 16.5. The highest BCUT2D eigenvalue weighted by Crippen LogP contribution is 2.32. The predicted molar refractivity (Wildman–Crippen MR) is 138 cm³/mol. The molecule has 0 spiro atoms. The van der Waals surface area contributed by atoms with Crippen LogP contribution in [0.2, 0.25) is 0 Å². The maximum atomic E-state index is 13.3. The van der Waals surface area contributed by atoms with Crippen molar-refractivity contribution in [2.45, 2.75) is 25.0 Å². The van der Waals surface area contributed by atoms with Gasteiger partial charge >= 0.3 is 0 Å². The van der Waals surface area contributed by atoms with Crippen LogP contribution in [0.25, 0.3) is 0 Å². The van der Waals surface area contributed by atoms with Crippen molar-refractivity contribution < 1.29 is 18.7 Å². The first-order chi connectivity index (χ1) is 17.0. The molecule has 1 heterocycles. The molecule has 8 heteroatoms. The second-order valence-electron chi connectivity index (χ2n) is 7.91. The third-order valence-corrected chi connectivity index (χ3v) is 6.53. The number of carbonyl (C=O) groups is 2. The number of hydrogen-bond donors (Lipinski definition) is 1. The minimum Gasteiger partial charge on any atom is -0.494 e. The highest BCUT2D eigenvalue weighted by molar-refractivity contribution is 8.15. The predicted octanol–water partition coefficient (Wildman–Crippen LogP) is 5.43. The number of amidine groups is 1. The van der Waals surface area contributed by atoms with Crippen LogP contribution in [-0.4, -0.2) is 40.3 Å². The van der Waals surface area contributed by atoms with Crippen molar-refractivity contribution in [3.63, 3.8) is 0 Å². The maximum Gasteiger partial charge on any atom is 0.242 e. The Morgan fingerprint density at radius 1 is 1.06 bits per heavy atom. The summed E-state index contributed by atoms with van der Waals surface area (Å²) in [5.41, 5.74) is 2.28. The van der Waals surface area contributed by atoms with Crippen LogP contribution in [0.5, 0.6) is 5.75 Å². The molecule has 3 aromatic rings. The number of aliphatic imine (C=N–C) groups is 1. The molecule has 0 radical (unpaired) electrons. The zero-order valence-corrected chi connectivity index (χ0v) is 20.1. The largest absolute Gasteiger partial charge is 0.494 e. The standard InChI is InChI=1S/C27H26FN3O3S/c1-2-34-23-14-12-21(13-15-23)29-25(32)18-24-26(33)31(17-16-19-6-4-3-5-7-19)27(35-24)30-22-10-8-20(28)9-11-22/h3-15,24H,2,16-18H2,1H3,(H,29,32)/t24-/m0/s1. The van der Waals surface area contributed by atoms with Crippen LogP contribution in [0.3, 0.4) is 0 Å².